The van der Waals surface area contributed by atoms with E-state index in [1.54, 1.807) is 9.47 Å². The molecule has 0 spiro atoms. The van der Waals surface area contributed by atoms with Gasteiger partial charge in [0.15, 0.2) is 17.1 Å². The zero-order chi connectivity index (χ0) is 20.0. The number of carboxylic acids is 1. The Labute approximate surface area is 159 Å². The van der Waals surface area contributed by atoms with Crippen LogP contribution in [0, 0.1) is 11.7 Å². The smallest absolute Gasteiger partial charge is 0.200 e. The van der Waals surface area contributed by atoms with Crippen molar-refractivity contribution in [2.45, 2.75) is 18.9 Å². The summed E-state index contributed by atoms with van der Waals surface area (Å²) in [6.45, 7) is 1.40. The van der Waals surface area contributed by atoms with E-state index in [1.165, 1.54) is 13.3 Å². The summed E-state index contributed by atoms with van der Waals surface area (Å²) in [5.41, 5.74) is 3.66. The normalized spacial score (nSPS) is 20.9. The van der Waals surface area contributed by atoms with Crippen LogP contribution in [-0.2, 0) is 4.84 Å². The van der Waals surface area contributed by atoms with Crippen LogP contribution in [0.2, 0.25) is 0 Å². The van der Waals surface area contributed by atoms with Crippen molar-refractivity contribution in [3.05, 3.63) is 33.9 Å². The van der Waals surface area contributed by atoms with Crippen LogP contribution in [-0.4, -0.2) is 48.0 Å². The van der Waals surface area contributed by atoms with E-state index in [9.17, 15) is 19.1 Å². The Morgan fingerprint density at radius 2 is 2.25 bits per heavy atom. The fraction of sp³-hybridized carbons (Fsp3) is 0.444. The number of fused-ring (bicyclic) bond motifs is 1. The molecule has 1 saturated carbocycles. The van der Waals surface area contributed by atoms with E-state index in [1.807, 2.05) is 0 Å². The molecule has 0 aromatic carbocycles. The van der Waals surface area contributed by atoms with Gasteiger partial charge in [-0.25, -0.2) is 9.37 Å². The number of anilines is 1. The van der Waals surface area contributed by atoms with Crippen molar-refractivity contribution in [3.8, 4) is 0 Å². The number of halogens is 1. The molecule has 2 aromatic heterocycles. The van der Waals surface area contributed by atoms with Crippen LogP contribution in [0.3, 0.4) is 0 Å². The van der Waals surface area contributed by atoms with Gasteiger partial charge in [0, 0.05) is 18.8 Å². The highest BCUT2D eigenvalue weighted by atomic mass is 19.1. The quantitative estimate of drug-likeness (QED) is 0.648. The molecule has 9 nitrogen and oxygen atoms in total. The number of hydrogen-bond acceptors (Lipinski definition) is 7. The van der Waals surface area contributed by atoms with Gasteiger partial charge >= 0.3 is 0 Å². The molecule has 1 saturated heterocycles. The number of carbonyl (C=O) groups excluding carboxylic acids is 1. The molecule has 2 fully saturated rings. The van der Waals surface area contributed by atoms with Crippen LogP contribution in [0.25, 0.3) is 11.0 Å². The van der Waals surface area contributed by atoms with Gasteiger partial charge in [0.05, 0.1) is 41.6 Å². The summed E-state index contributed by atoms with van der Waals surface area (Å²) < 4.78 is 16.5. The standard InChI is InChI=1S/C18H20FN5O4/c1-28-22-14-8-23(6-9(14)5-20)17-13(19)4-11-15(25)12(18(26)27)7-24(10-2-3-10)16(11)21-17/h4,7,9-10H,2-3,5-6,8,20H2,1H3,(H,26,27)/b22-14+/t9-/m0/s1. The maximum Gasteiger partial charge on any atom is 0.200 e. The molecule has 148 valence electrons. The first-order valence-electron chi connectivity index (χ1n) is 9.05. The van der Waals surface area contributed by atoms with E-state index in [4.69, 9.17) is 4.84 Å². The molecule has 3 N–H and O–H groups in total. The minimum Gasteiger partial charge on any atom is -0.545 e. The third-order valence-electron chi connectivity index (χ3n) is 5.22. The number of pyridine rings is 2. The number of oxime groups is 1. The number of carboxylic acid groups (broad SMARTS) is 1. The lowest BCUT2D eigenvalue weighted by Gasteiger charge is -2.19. The van der Waals surface area contributed by atoms with E-state index in [-0.39, 0.29) is 28.8 Å². The summed E-state index contributed by atoms with van der Waals surface area (Å²) in [6, 6.07) is 1.11. The third kappa shape index (κ3) is 2.99. The molecule has 4 rings (SSSR count). The maximum absolute atomic E-state index is 14.9. The molecular weight excluding hydrogens is 369 g/mol. The largest absolute Gasteiger partial charge is 0.545 e. The van der Waals surface area contributed by atoms with E-state index in [2.05, 4.69) is 15.9 Å². The van der Waals surface area contributed by atoms with Crippen molar-refractivity contribution >= 4 is 28.5 Å². The first-order chi connectivity index (χ1) is 13.4. The maximum atomic E-state index is 14.9. The molecule has 0 unspecified atom stereocenters. The molecule has 1 aliphatic heterocycles. The third-order valence-corrected chi connectivity index (χ3v) is 5.22. The molecule has 1 aliphatic carbocycles. The lowest BCUT2D eigenvalue weighted by Crippen LogP contribution is -2.55. The van der Waals surface area contributed by atoms with Gasteiger partial charge in [-0.2, -0.15) is 0 Å². The molecule has 1 atom stereocenters. The lowest BCUT2D eigenvalue weighted by molar-refractivity contribution is -0.373. The second-order valence-corrected chi connectivity index (χ2v) is 7.09. The number of rotatable bonds is 5. The molecule has 2 aliphatic rings. The van der Waals surface area contributed by atoms with Gasteiger partial charge in [-0.1, -0.05) is 5.16 Å². The van der Waals surface area contributed by atoms with Crippen molar-refractivity contribution in [2.24, 2.45) is 11.1 Å². The summed E-state index contributed by atoms with van der Waals surface area (Å²) in [5, 5.41) is 15.3. The second-order valence-electron chi connectivity index (χ2n) is 7.09. The highest BCUT2D eigenvalue weighted by Gasteiger charge is 2.33. The number of nitrogens with zero attached hydrogens (tertiary/aromatic N) is 4. The number of aromatic carboxylic acids is 1. The first-order valence-corrected chi connectivity index (χ1v) is 9.05. The van der Waals surface area contributed by atoms with Gasteiger partial charge in [-0.3, -0.25) is 4.79 Å². The average molecular weight is 389 g/mol. The van der Waals surface area contributed by atoms with Gasteiger partial charge in [0.2, 0.25) is 0 Å². The fourth-order valence-corrected chi connectivity index (χ4v) is 3.64. The van der Waals surface area contributed by atoms with Crippen molar-refractivity contribution in [3.63, 3.8) is 0 Å². The predicted molar refractivity (Wildman–Crippen MR) is 96.5 cm³/mol. The van der Waals surface area contributed by atoms with Crippen molar-refractivity contribution in [2.75, 3.05) is 31.6 Å². The van der Waals surface area contributed by atoms with Gasteiger partial charge < -0.3 is 29.9 Å². The molecule has 28 heavy (non-hydrogen) atoms. The van der Waals surface area contributed by atoms with E-state index < -0.39 is 22.8 Å². The summed E-state index contributed by atoms with van der Waals surface area (Å²) >= 11 is 0. The van der Waals surface area contributed by atoms with Crippen molar-refractivity contribution in [1.82, 2.24) is 9.55 Å². The van der Waals surface area contributed by atoms with Crippen LogP contribution in [0.1, 0.15) is 29.2 Å². The zero-order valence-corrected chi connectivity index (χ0v) is 15.4. The van der Waals surface area contributed by atoms with Gasteiger partial charge in [-0.05, 0) is 18.9 Å². The summed E-state index contributed by atoms with van der Waals surface area (Å²) in [4.78, 5) is 34.8. The minimum absolute atomic E-state index is 0.0166. The van der Waals surface area contributed by atoms with Crippen LogP contribution >= 0.6 is 0 Å². The Kier molecular flexibility index (Phi) is 4.50. The summed E-state index contributed by atoms with van der Waals surface area (Å²) in [5.74, 6) is -2.15. The van der Waals surface area contributed by atoms with Gasteiger partial charge in [-0.15, -0.1) is 0 Å². The monoisotopic (exact) mass is 389 g/mol. The van der Waals surface area contributed by atoms with Crippen LogP contribution in [0.4, 0.5) is 10.2 Å². The summed E-state index contributed by atoms with van der Waals surface area (Å²) in [7, 11) is 1.45. The fourth-order valence-electron chi connectivity index (χ4n) is 3.64. The van der Waals surface area contributed by atoms with E-state index in [0.29, 0.717) is 19.6 Å². The SMILES string of the molecule is CO/N=C1\CN(c2nc3c(cc2F)c(=O)c(C(=O)[O-])cn3C2CC2)C[C@@H]1C[NH3+]. The van der Waals surface area contributed by atoms with Crippen molar-refractivity contribution < 1.29 is 24.9 Å². The number of aromatic nitrogens is 2. The Balaban J connectivity index is 1.86. The van der Waals surface area contributed by atoms with Gasteiger partial charge in [0.1, 0.15) is 12.8 Å². The first kappa shape index (κ1) is 18.4. The Morgan fingerprint density at radius 1 is 1.50 bits per heavy atom. The predicted octanol–water partition coefficient (Wildman–Crippen LogP) is -1.09. The Morgan fingerprint density at radius 3 is 2.86 bits per heavy atom. The Hall–Kier alpha value is -3.01. The summed E-state index contributed by atoms with van der Waals surface area (Å²) in [6.07, 6.45) is 2.94. The molecule has 10 heteroatoms. The lowest BCUT2D eigenvalue weighted by atomic mass is 10.1. The number of hydrogen-bond donors (Lipinski definition) is 1. The number of quaternary nitrogens is 1. The van der Waals surface area contributed by atoms with Crippen molar-refractivity contribution in [1.29, 1.82) is 0 Å². The molecule has 0 amide bonds. The zero-order valence-electron chi connectivity index (χ0n) is 15.4. The molecule has 0 bridgehead atoms. The highest BCUT2D eigenvalue weighted by Crippen LogP contribution is 2.37. The number of carbonyl (C=O) groups is 1. The van der Waals surface area contributed by atoms with E-state index in [0.717, 1.165) is 24.6 Å². The van der Waals surface area contributed by atoms with Crippen LogP contribution < -0.4 is 21.2 Å². The molecule has 2 aromatic rings. The average Bonchev–Trinajstić information content (AvgIpc) is 3.42. The van der Waals surface area contributed by atoms with Crippen LogP contribution in [0.15, 0.2) is 22.2 Å². The molecular formula is C18H20FN5O4. The van der Waals surface area contributed by atoms with E-state index >= 15 is 0 Å². The topological polar surface area (TPSA) is 127 Å². The molecule has 3 heterocycles. The Bertz CT molecular complexity index is 1050. The highest BCUT2D eigenvalue weighted by molar-refractivity contribution is 5.94. The van der Waals surface area contributed by atoms with Crippen LogP contribution in [0.5, 0.6) is 0 Å². The minimum atomic E-state index is -1.58. The second kappa shape index (κ2) is 6.86. The molecule has 0 radical (unpaired) electrons. The van der Waals surface area contributed by atoms with Gasteiger partial charge in [0.25, 0.3) is 0 Å².